The molecule has 0 spiro atoms. The van der Waals surface area contributed by atoms with E-state index >= 15 is 0 Å². The summed E-state index contributed by atoms with van der Waals surface area (Å²) >= 11 is 6.16. The van der Waals surface area contributed by atoms with Crippen LogP contribution in [0, 0.1) is 24.0 Å². The van der Waals surface area contributed by atoms with Gasteiger partial charge < -0.3 is 4.90 Å². The lowest BCUT2D eigenvalue weighted by molar-refractivity contribution is -0.385. The average Bonchev–Trinajstić information content (AvgIpc) is 2.50. The van der Waals surface area contributed by atoms with Crippen LogP contribution in [0.25, 0.3) is 0 Å². The largest absolute Gasteiger partial charge is 0.351 e. The van der Waals surface area contributed by atoms with Gasteiger partial charge in [-0.1, -0.05) is 18.5 Å². The monoisotopic (exact) mass is 333 g/mol. The molecule has 2 aromatic rings. The first kappa shape index (κ1) is 15.6. The summed E-state index contributed by atoms with van der Waals surface area (Å²) in [5.74, 6) is 1.52. The molecule has 7 nitrogen and oxygen atoms in total. The Morgan fingerprint density at radius 1 is 1.39 bits per heavy atom. The van der Waals surface area contributed by atoms with Crippen LogP contribution in [-0.4, -0.2) is 26.4 Å². The third-order valence-corrected chi connectivity index (χ3v) is 4.36. The van der Waals surface area contributed by atoms with Crippen molar-refractivity contribution in [3.63, 3.8) is 0 Å². The molecule has 0 aromatic carbocycles. The fraction of sp³-hybridized carbons (Fsp3) is 0.400. The van der Waals surface area contributed by atoms with Gasteiger partial charge in [0.25, 0.3) is 5.69 Å². The molecule has 120 valence electrons. The second kappa shape index (κ2) is 5.73. The van der Waals surface area contributed by atoms with Gasteiger partial charge in [-0.15, -0.1) is 0 Å². The van der Waals surface area contributed by atoms with Gasteiger partial charge in [0, 0.05) is 36.2 Å². The molecule has 0 amide bonds. The fourth-order valence-electron chi connectivity index (χ4n) is 2.92. The summed E-state index contributed by atoms with van der Waals surface area (Å²) in [6.07, 6.45) is 1.32. The Morgan fingerprint density at radius 2 is 2.13 bits per heavy atom. The molecule has 0 saturated heterocycles. The van der Waals surface area contributed by atoms with Crippen LogP contribution in [0.1, 0.15) is 35.5 Å². The summed E-state index contributed by atoms with van der Waals surface area (Å²) in [5, 5.41) is 11.4. The molecule has 0 aliphatic carbocycles. The number of hydrogen-bond acceptors (Lipinski definition) is 6. The van der Waals surface area contributed by atoms with Crippen molar-refractivity contribution in [3.8, 4) is 0 Å². The molecular formula is C15H16ClN5O2. The van der Waals surface area contributed by atoms with E-state index in [-0.39, 0.29) is 11.6 Å². The van der Waals surface area contributed by atoms with Crippen molar-refractivity contribution >= 4 is 23.1 Å². The highest BCUT2D eigenvalue weighted by molar-refractivity contribution is 6.30. The van der Waals surface area contributed by atoms with E-state index in [0.29, 0.717) is 17.5 Å². The van der Waals surface area contributed by atoms with E-state index in [2.05, 4.69) is 26.8 Å². The van der Waals surface area contributed by atoms with Crippen molar-refractivity contribution in [1.29, 1.82) is 0 Å². The first-order chi connectivity index (χ1) is 10.9. The van der Waals surface area contributed by atoms with Crippen molar-refractivity contribution in [1.82, 2.24) is 15.0 Å². The van der Waals surface area contributed by atoms with E-state index in [9.17, 15) is 10.1 Å². The Bertz CT molecular complexity index is 796. The summed E-state index contributed by atoms with van der Waals surface area (Å²) in [6, 6.07) is 1.59. The molecule has 3 heterocycles. The third kappa shape index (κ3) is 2.84. The fourth-order valence-corrected chi connectivity index (χ4v) is 3.12. The van der Waals surface area contributed by atoms with Gasteiger partial charge in [0.1, 0.15) is 23.0 Å². The van der Waals surface area contributed by atoms with E-state index in [1.807, 2.05) is 6.92 Å². The Labute approximate surface area is 138 Å². The zero-order valence-corrected chi connectivity index (χ0v) is 13.8. The second-order valence-electron chi connectivity index (χ2n) is 5.79. The first-order valence-electron chi connectivity index (χ1n) is 7.25. The number of pyridine rings is 1. The number of rotatable bonds is 2. The summed E-state index contributed by atoms with van der Waals surface area (Å²) in [4.78, 5) is 25.6. The maximum Gasteiger partial charge on any atom is 0.287 e. The summed E-state index contributed by atoms with van der Waals surface area (Å²) in [6.45, 7) is 6.97. The number of aromatic nitrogens is 3. The average molecular weight is 334 g/mol. The number of fused-ring (bicyclic) bond motifs is 1. The number of halogens is 1. The van der Waals surface area contributed by atoms with Gasteiger partial charge in [0.05, 0.1) is 10.6 Å². The zero-order chi connectivity index (χ0) is 16.7. The zero-order valence-electron chi connectivity index (χ0n) is 13.1. The molecule has 23 heavy (non-hydrogen) atoms. The lowest BCUT2D eigenvalue weighted by atomic mass is 9.96. The predicted molar refractivity (Wildman–Crippen MR) is 86.9 cm³/mol. The minimum absolute atomic E-state index is 0.00595. The van der Waals surface area contributed by atoms with E-state index in [4.69, 9.17) is 11.6 Å². The molecule has 8 heteroatoms. The molecular weight excluding hydrogens is 318 g/mol. The Balaban J connectivity index is 2.03. The SMILES string of the molecule is Cc1nc(Cl)c(C)c(N2Cc3cc([N+](=O)[O-])cnc3C(C)C2)n1. The molecule has 3 rings (SSSR count). The molecule has 1 aliphatic heterocycles. The number of nitro groups is 1. The van der Waals surface area contributed by atoms with Crippen LogP contribution < -0.4 is 4.90 Å². The van der Waals surface area contributed by atoms with Gasteiger partial charge in [-0.2, -0.15) is 0 Å². The van der Waals surface area contributed by atoms with E-state index in [1.54, 1.807) is 13.0 Å². The Kier molecular flexibility index (Phi) is 3.89. The van der Waals surface area contributed by atoms with Gasteiger partial charge in [-0.05, 0) is 13.8 Å². The minimum atomic E-state index is -0.423. The van der Waals surface area contributed by atoms with Crippen molar-refractivity contribution < 1.29 is 4.92 Å². The number of hydrogen-bond donors (Lipinski definition) is 0. The molecule has 2 aromatic heterocycles. The maximum atomic E-state index is 11.0. The highest BCUT2D eigenvalue weighted by Crippen LogP contribution is 2.33. The smallest absolute Gasteiger partial charge is 0.287 e. The number of anilines is 1. The molecule has 0 saturated carbocycles. The van der Waals surface area contributed by atoms with Gasteiger partial charge >= 0.3 is 0 Å². The van der Waals surface area contributed by atoms with Crippen LogP contribution in [-0.2, 0) is 6.54 Å². The molecule has 1 aliphatic rings. The quantitative estimate of drug-likeness (QED) is 0.476. The van der Waals surface area contributed by atoms with Crippen molar-refractivity contribution in [2.45, 2.75) is 33.2 Å². The van der Waals surface area contributed by atoms with Crippen LogP contribution >= 0.6 is 11.6 Å². The van der Waals surface area contributed by atoms with Gasteiger partial charge in [0.15, 0.2) is 0 Å². The standard InChI is InChI=1S/C15H16ClN5O2/c1-8-6-20(15-9(2)14(16)18-10(3)19-15)7-11-4-12(21(22)23)5-17-13(8)11/h4-5,8H,6-7H2,1-3H3. The van der Waals surface area contributed by atoms with Gasteiger partial charge in [-0.25, -0.2) is 9.97 Å². The lowest BCUT2D eigenvalue weighted by Gasteiger charge is -2.33. The van der Waals surface area contributed by atoms with Crippen LogP contribution in [0.15, 0.2) is 12.3 Å². The summed E-state index contributed by atoms with van der Waals surface area (Å²) < 4.78 is 0. The number of nitrogens with zero attached hydrogens (tertiary/aromatic N) is 5. The molecule has 1 unspecified atom stereocenters. The molecule has 0 N–H and O–H groups in total. The topological polar surface area (TPSA) is 85.0 Å². The highest BCUT2D eigenvalue weighted by atomic mass is 35.5. The Hall–Kier alpha value is -2.28. The summed E-state index contributed by atoms with van der Waals surface area (Å²) in [5.41, 5.74) is 2.57. The van der Waals surface area contributed by atoms with E-state index in [1.165, 1.54) is 6.20 Å². The van der Waals surface area contributed by atoms with E-state index in [0.717, 1.165) is 29.2 Å². The maximum absolute atomic E-state index is 11.0. The predicted octanol–water partition coefficient (Wildman–Crippen LogP) is 3.17. The molecule has 0 radical (unpaired) electrons. The van der Waals surface area contributed by atoms with Gasteiger partial charge in [0.2, 0.25) is 0 Å². The molecule has 1 atom stereocenters. The second-order valence-corrected chi connectivity index (χ2v) is 6.14. The van der Waals surface area contributed by atoms with E-state index < -0.39 is 4.92 Å². The first-order valence-corrected chi connectivity index (χ1v) is 7.63. The molecule has 0 bridgehead atoms. The normalized spacial score (nSPS) is 17.0. The van der Waals surface area contributed by atoms with Crippen LogP contribution in [0.3, 0.4) is 0 Å². The van der Waals surface area contributed by atoms with Crippen LogP contribution in [0.5, 0.6) is 0 Å². The van der Waals surface area contributed by atoms with Crippen LogP contribution in [0.4, 0.5) is 11.5 Å². The Morgan fingerprint density at radius 3 is 2.83 bits per heavy atom. The van der Waals surface area contributed by atoms with Crippen molar-refractivity contribution in [3.05, 3.63) is 50.2 Å². The minimum Gasteiger partial charge on any atom is -0.351 e. The van der Waals surface area contributed by atoms with Crippen molar-refractivity contribution in [2.75, 3.05) is 11.4 Å². The van der Waals surface area contributed by atoms with Crippen LogP contribution in [0.2, 0.25) is 5.15 Å². The lowest BCUT2D eigenvalue weighted by Crippen LogP contribution is -2.34. The van der Waals surface area contributed by atoms with Crippen molar-refractivity contribution in [2.24, 2.45) is 0 Å². The summed E-state index contributed by atoms with van der Waals surface area (Å²) in [7, 11) is 0. The number of aryl methyl sites for hydroxylation is 1. The molecule has 0 fully saturated rings. The third-order valence-electron chi connectivity index (χ3n) is 3.99. The highest BCUT2D eigenvalue weighted by Gasteiger charge is 2.27. The van der Waals surface area contributed by atoms with Gasteiger partial charge in [-0.3, -0.25) is 15.1 Å².